The molecule has 0 N–H and O–H groups in total. The number of nitrogens with zero attached hydrogens (tertiary/aromatic N) is 3. The van der Waals surface area contributed by atoms with Crippen LogP contribution in [0.5, 0.6) is 5.75 Å². The smallest absolute Gasteiger partial charge is 0.260 e. The lowest BCUT2D eigenvalue weighted by atomic mass is 10.2. The molecule has 29 heavy (non-hydrogen) atoms. The first-order valence-corrected chi connectivity index (χ1v) is 10.8. The SMILES string of the molecule is COc1ccc(Cl)c2sc(N(CCCN(C)C)C(=O)c3cc(Cl)cc(Cl)c3)nc12. The van der Waals surface area contributed by atoms with Crippen molar-refractivity contribution in [3.63, 3.8) is 0 Å². The zero-order chi connectivity index (χ0) is 21.1. The van der Waals surface area contributed by atoms with Gasteiger partial charge in [-0.25, -0.2) is 4.98 Å². The summed E-state index contributed by atoms with van der Waals surface area (Å²) in [5, 5.41) is 1.92. The van der Waals surface area contributed by atoms with Gasteiger partial charge in [-0.3, -0.25) is 9.69 Å². The number of hydrogen-bond acceptors (Lipinski definition) is 5. The number of thiazole rings is 1. The zero-order valence-corrected chi connectivity index (χ0v) is 19.3. The van der Waals surface area contributed by atoms with Crippen molar-refractivity contribution < 1.29 is 9.53 Å². The third kappa shape index (κ3) is 5.13. The van der Waals surface area contributed by atoms with Crippen LogP contribution in [0.4, 0.5) is 5.13 Å². The second-order valence-corrected chi connectivity index (χ2v) is 8.95. The molecule has 0 fully saturated rings. The topological polar surface area (TPSA) is 45.7 Å². The van der Waals surface area contributed by atoms with E-state index in [0.717, 1.165) is 17.7 Å². The third-order valence-electron chi connectivity index (χ3n) is 4.24. The molecule has 3 rings (SSSR count). The number of carbonyl (C=O) groups excluding carboxylic acids is 1. The highest BCUT2D eigenvalue weighted by atomic mass is 35.5. The number of carbonyl (C=O) groups is 1. The number of rotatable bonds is 7. The molecule has 3 aromatic rings. The second kappa shape index (κ2) is 9.49. The highest BCUT2D eigenvalue weighted by Gasteiger charge is 2.23. The minimum Gasteiger partial charge on any atom is -0.494 e. The van der Waals surface area contributed by atoms with E-state index < -0.39 is 0 Å². The van der Waals surface area contributed by atoms with Gasteiger partial charge in [0.25, 0.3) is 5.91 Å². The van der Waals surface area contributed by atoms with E-state index in [-0.39, 0.29) is 5.91 Å². The van der Waals surface area contributed by atoms with Gasteiger partial charge in [-0.05, 0) is 57.4 Å². The summed E-state index contributed by atoms with van der Waals surface area (Å²) in [7, 11) is 5.56. The molecule has 0 saturated heterocycles. The lowest BCUT2D eigenvalue weighted by Crippen LogP contribution is -2.33. The number of ether oxygens (including phenoxy) is 1. The first kappa shape index (κ1) is 22.1. The predicted molar refractivity (Wildman–Crippen MR) is 122 cm³/mol. The van der Waals surface area contributed by atoms with Crippen LogP contribution in [0.25, 0.3) is 10.2 Å². The first-order valence-electron chi connectivity index (χ1n) is 8.86. The molecule has 1 amide bonds. The fourth-order valence-electron chi connectivity index (χ4n) is 2.88. The van der Waals surface area contributed by atoms with Gasteiger partial charge in [-0.15, -0.1) is 0 Å². The van der Waals surface area contributed by atoms with Gasteiger partial charge in [0.05, 0.1) is 16.8 Å². The zero-order valence-electron chi connectivity index (χ0n) is 16.2. The first-order chi connectivity index (χ1) is 13.8. The maximum absolute atomic E-state index is 13.3. The van der Waals surface area contributed by atoms with Crippen molar-refractivity contribution in [2.45, 2.75) is 6.42 Å². The van der Waals surface area contributed by atoms with Crippen LogP contribution in [0.2, 0.25) is 15.1 Å². The van der Waals surface area contributed by atoms with E-state index >= 15 is 0 Å². The molecule has 2 aromatic carbocycles. The van der Waals surface area contributed by atoms with Gasteiger partial charge in [-0.1, -0.05) is 46.1 Å². The Morgan fingerprint density at radius 2 is 1.79 bits per heavy atom. The molecule has 5 nitrogen and oxygen atoms in total. The van der Waals surface area contributed by atoms with Crippen LogP contribution >= 0.6 is 46.1 Å². The summed E-state index contributed by atoms with van der Waals surface area (Å²) in [6.45, 7) is 1.32. The molecular weight excluding hydrogens is 453 g/mol. The third-order valence-corrected chi connectivity index (χ3v) is 6.21. The number of fused-ring (bicyclic) bond motifs is 1. The fraction of sp³-hybridized carbons (Fsp3) is 0.300. The fourth-order valence-corrected chi connectivity index (χ4v) is 4.69. The Hall–Kier alpha value is -1.57. The molecule has 0 radical (unpaired) electrons. The van der Waals surface area contributed by atoms with E-state index in [1.165, 1.54) is 11.3 Å². The molecular formula is C20H20Cl3N3O2S. The van der Waals surface area contributed by atoms with Crippen LogP contribution in [0, 0.1) is 0 Å². The van der Waals surface area contributed by atoms with E-state index in [1.807, 2.05) is 14.1 Å². The molecule has 0 atom stereocenters. The lowest BCUT2D eigenvalue weighted by molar-refractivity contribution is 0.0986. The van der Waals surface area contributed by atoms with Crippen LogP contribution in [-0.4, -0.2) is 50.1 Å². The Kier molecular flexibility index (Phi) is 7.24. The largest absolute Gasteiger partial charge is 0.494 e. The van der Waals surface area contributed by atoms with Gasteiger partial charge in [-0.2, -0.15) is 0 Å². The Balaban J connectivity index is 2.04. The van der Waals surface area contributed by atoms with Crippen molar-refractivity contribution in [3.05, 3.63) is 51.0 Å². The standard InChI is InChI=1S/C20H20Cl3N3O2S/c1-25(2)7-4-8-26(19(27)12-9-13(21)11-14(22)10-12)20-24-17-16(28-3)6-5-15(23)18(17)29-20/h5-6,9-11H,4,7-8H2,1-3H3. The van der Waals surface area contributed by atoms with E-state index in [4.69, 9.17) is 39.5 Å². The summed E-state index contributed by atoms with van der Waals surface area (Å²) in [5.41, 5.74) is 1.04. The van der Waals surface area contributed by atoms with Gasteiger partial charge >= 0.3 is 0 Å². The summed E-state index contributed by atoms with van der Waals surface area (Å²) >= 11 is 19.9. The van der Waals surface area contributed by atoms with Gasteiger partial charge < -0.3 is 9.64 Å². The molecule has 0 bridgehead atoms. The molecule has 154 valence electrons. The number of hydrogen-bond donors (Lipinski definition) is 0. The van der Waals surface area contributed by atoms with Crippen molar-refractivity contribution in [3.8, 4) is 5.75 Å². The van der Waals surface area contributed by atoms with E-state index in [9.17, 15) is 4.79 Å². The average Bonchev–Trinajstić information content (AvgIpc) is 3.10. The highest BCUT2D eigenvalue weighted by molar-refractivity contribution is 7.23. The molecule has 0 aliphatic rings. The van der Waals surface area contributed by atoms with Crippen LogP contribution in [-0.2, 0) is 0 Å². The van der Waals surface area contributed by atoms with E-state index in [1.54, 1.807) is 42.3 Å². The number of aromatic nitrogens is 1. The highest BCUT2D eigenvalue weighted by Crippen LogP contribution is 2.39. The molecule has 0 unspecified atom stereocenters. The van der Waals surface area contributed by atoms with Crippen molar-refractivity contribution in [2.75, 3.05) is 39.2 Å². The maximum Gasteiger partial charge on any atom is 0.260 e. The summed E-state index contributed by atoms with van der Waals surface area (Å²) in [6, 6.07) is 8.34. The second-order valence-electron chi connectivity index (χ2n) is 6.70. The predicted octanol–water partition coefficient (Wildman–Crippen LogP) is 5.86. The van der Waals surface area contributed by atoms with Crippen LogP contribution in [0.1, 0.15) is 16.8 Å². The van der Waals surface area contributed by atoms with Gasteiger partial charge in [0.2, 0.25) is 0 Å². The minimum atomic E-state index is -0.220. The normalized spacial score (nSPS) is 11.3. The minimum absolute atomic E-state index is 0.220. The Morgan fingerprint density at radius 1 is 1.10 bits per heavy atom. The molecule has 0 saturated carbocycles. The molecule has 0 spiro atoms. The van der Waals surface area contributed by atoms with Gasteiger partial charge in [0, 0.05) is 22.2 Å². The van der Waals surface area contributed by atoms with Crippen molar-refractivity contribution in [2.24, 2.45) is 0 Å². The maximum atomic E-state index is 13.3. The van der Waals surface area contributed by atoms with Crippen LogP contribution in [0.15, 0.2) is 30.3 Å². The summed E-state index contributed by atoms with van der Waals surface area (Å²) in [4.78, 5) is 21.7. The monoisotopic (exact) mass is 471 g/mol. The lowest BCUT2D eigenvalue weighted by Gasteiger charge is -2.21. The summed E-state index contributed by atoms with van der Waals surface area (Å²) < 4.78 is 6.18. The Labute approximate surface area is 188 Å². The number of benzene rings is 2. The molecule has 1 heterocycles. The number of anilines is 1. The van der Waals surface area contributed by atoms with E-state index in [0.29, 0.717) is 43.6 Å². The molecule has 0 aliphatic heterocycles. The number of halogens is 3. The molecule has 9 heteroatoms. The van der Waals surface area contributed by atoms with Crippen molar-refractivity contribution in [1.29, 1.82) is 0 Å². The van der Waals surface area contributed by atoms with E-state index in [2.05, 4.69) is 9.88 Å². The van der Waals surface area contributed by atoms with Crippen LogP contribution < -0.4 is 9.64 Å². The number of amides is 1. The van der Waals surface area contributed by atoms with Gasteiger partial charge in [0.15, 0.2) is 5.13 Å². The molecule has 1 aromatic heterocycles. The van der Waals surface area contributed by atoms with Gasteiger partial charge in [0.1, 0.15) is 11.3 Å². The van der Waals surface area contributed by atoms with Crippen LogP contribution in [0.3, 0.4) is 0 Å². The Bertz CT molecular complexity index is 1020. The summed E-state index contributed by atoms with van der Waals surface area (Å²) in [5.74, 6) is 0.390. The Morgan fingerprint density at radius 3 is 2.41 bits per heavy atom. The molecule has 0 aliphatic carbocycles. The van der Waals surface area contributed by atoms with Crippen molar-refractivity contribution in [1.82, 2.24) is 9.88 Å². The average molecular weight is 473 g/mol. The van der Waals surface area contributed by atoms with Crippen molar-refractivity contribution >= 4 is 67.4 Å². The quantitative estimate of drug-likeness (QED) is 0.432. The number of methoxy groups -OCH3 is 1. The summed E-state index contributed by atoms with van der Waals surface area (Å²) in [6.07, 6.45) is 0.772.